The predicted octanol–water partition coefficient (Wildman–Crippen LogP) is 4.77. The molecule has 2 rings (SSSR count). The van der Waals surface area contributed by atoms with Crippen LogP contribution in [0.1, 0.15) is 43.7 Å². The van der Waals surface area contributed by atoms with Gasteiger partial charge in [-0.05, 0) is 71.5 Å². The van der Waals surface area contributed by atoms with Gasteiger partial charge in [0.2, 0.25) is 5.92 Å². The highest BCUT2D eigenvalue weighted by Gasteiger charge is 2.37. The Bertz CT molecular complexity index is 470. The molecule has 0 saturated heterocycles. The summed E-state index contributed by atoms with van der Waals surface area (Å²) in [7, 11) is 0. The Kier molecular flexibility index (Phi) is 5.79. The number of rotatable bonds is 4. The molecule has 2 unspecified atom stereocenters. The maximum absolute atomic E-state index is 13.5. The van der Waals surface area contributed by atoms with Crippen LogP contribution < -0.4 is 11.3 Å². The van der Waals surface area contributed by atoms with Crippen molar-refractivity contribution in [2.45, 2.75) is 44.1 Å². The predicted molar refractivity (Wildman–Crippen MR) is 88.4 cm³/mol. The molecule has 1 fully saturated rings. The van der Waals surface area contributed by atoms with Gasteiger partial charge in [0, 0.05) is 26.9 Å². The van der Waals surface area contributed by atoms with Crippen LogP contribution in [0.5, 0.6) is 0 Å². The van der Waals surface area contributed by atoms with Crippen LogP contribution in [-0.2, 0) is 0 Å². The van der Waals surface area contributed by atoms with Crippen LogP contribution in [0.15, 0.2) is 22.7 Å². The van der Waals surface area contributed by atoms with E-state index in [1.54, 1.807) is 0 Å². The fraction of sp³-hybridized carbons (Fsp3) is 0.571. The minimum absolute atomic E-state index is 0.0181. The summed E-state index contributed by atoms with van der Waals surface area (Å²) in [6, 6.07) is 5.90. The topological polar surface area (TPSA) is 38.0 Å². The van der Waals surface area contributed by atoms with Crippen molar-refractivity contribution in [3.05, 3.63) is 31.8 Å². The zero-order valence-corrected chi connectivity index (χ0v) is 14.8. The molecular weight excluding hydrogens is 441 g/mol. The first kappa shape index (κ1) is 16.6. The van der Waals surface area contributed by atoms with E-state index in [4.69, 9.17) is 5.84 Å². The molecular formula is C14H18BrF2IN2. The van der Waals surface area contributed by atoms with Crippen molar-refractivity contribution >= 4 is 38.5 Å². The largest absolute Gasteiger partial charge is 0.271 e. The first-order valence-corrected chi connectivity index (χ1v) is 8.57. The molecule has 0 spiro atoms. The van der Waals surface area contributed by atoms with Crippen molar-refractivity contribution in [2.75, 3.05) is 0 Å². The molecule has 0 heterocycles. The van der Waals surface area contributed by atoms with E-state index in [2.05, 4.69) is 43.9 Å². The van der Waals surface area contributed by atoms with E-state index in [0.29, 0.717) is 12.8 Å². The second kappa shape index (κ2) is 6.98. The molecule has 1 saturated carbocycles. The Hall–Kier alpha value is 0.210. The molecule has 2 atom stereocenters. The van der Waals surface area contributed by atoms with E-state index in [1.165, 1.54) is 0 Å². The number of halogens is 4. The molecule has 20 heavy (non-hydrogen) atoms. The molecule has 0 amide bonds. The zero-order valence-electron chi connectivity index (χ0n) is 11.0. The first-order valence-electron chi connectivity index (χ1n) is 6.70. The summed E-state index contributed by atoms with van der Waals surface area (Å²) in [6.07, 6.45) is 2.10. The number of hydrazine groups is 1. The number of benzene rings is 1. The van der Waals surface area contributed by atoms with Crippen molar-refractivity contribution < 1.29 is 8.78 Å². The smallest absolute Gasteiger partial charge is 0.248 e. The molecule has 0 aliphatic heterocycles. The molecule has 6 heteroatoms. The number of nitrogens with one attached hydrogen (secondary N) is 1. The molecule has 112 valence electrons. The molecule has 0 radical (unpaired) electrons. The van der Waals surface area contributed by atoms with Gasteiger partial charge in [-0.25, -0.2) is 8.78 Å². The standard InChI is InChI=1S/C14H18BrF2IN2/c15-12-4-3-10(18)7-11(12)13(20-19)6-9-2-1-5-14(16,17)8-9/h3-4,7,9,13,20H,1-2,5-6,8,19H2. The fourth-order valence-corrected chi connectivity index (χ4v) is 3.92. The van der Waals surface area contributed by atoms with Gasteiger partial charge >= 0.3 is 0 Å². The van der Waals surface area contributed by atoms with E-state index in [9.17, 15) is 8.78 Å². The second-order valence-electron chi connectivity index (χ2n) is 5.44. The summed E-state index contributed by atoms with van der Waals surface area (Å²) in [4.78, 5) is 0. The van der Waals surface area contributed by atoms with Gasteiger partial charge in [-0.15, -0.1) is 0 Å². The van der Waals surface area contributed by atoms with Gasteiger partial charge in [-0.1, -0.05) is 15.9 Å². The lowest BCUT2D eigenvalue weighted by Gasteiger charge is -2.31. The maximum Gasteiger partial charge on any atom is 0.248 e. The van der Waals surface area contributed by atoms with Crippen molar-refractivity contribution in [1.29, 1.82) is 0 Å². The van der Waals surface area contributed by atoms with Crippen molar-refractivity contribution in [2.24, 2.45) is 11.8 Å². The SMILES string of the molecule is NNC(CC1CCCC(F)(F)C1)c1cc(I)ccc1Br. The highest BCUT2D eigenvalue weighted by molar-refractivity contribution is 14.1. The van der Waals surface area contributed by atoms with E-state index < -0.39 is 5.92 Å². The summed E-state index contributed by atoms with van der Waals surface area (Å²) in [5.74, 6) is 3.16. The molecule has 1 aromatic carbocycles. The molecule has 1 aliphatic rings. The summed E-state index contributed by atoms with van der Waals surface area (Å²) in [6.45, 7) is 0. The molecule has 1 aliphatic carbocycles. The van der Waals surface area contributed by atoms with E-state index in [-0.39, 0.29) is 24.8 Å². The van der Waals surface area contributed by atoms with Crippen LogP contribution in [0.3, 0.4) is 0 Å². The quantitative estimate of drug-likeness (QED) is 0.387. The lowest BCUT2D eigenvalue weighted by molar-refractivity contribution is -0.0548. The third-order valence-electron chi connectivity index (χ3n) is 3.85. The molecule has 3 N–H and O–H groups in total. The summed E-state index contributed by atoms with van der Waals surface area (Å²) in [5, 5.41) is 0. The maximum atomic E-state index is 13.5. The first-order chi connectivity index (χ1) is 9.41. The summed E-state index contributed by atoms with van der Waals surface area (Å²) >= 11 is 5.75. The average molecular weight is 459 g/mol. The minimum Gasteiger partial charge on any atom is -0.271 e. The number of alkyl halides is 2. The van der Waals surface area contributed by atoms with E-state index >= 15 is 0 Å². The number of hydrogen-bond acceptors (Lipinski definition) is 2. The van der Waals surface area contributed by atoms with Gasteiger partial charge in [0.15, 0.2) is 0 Å². The monoisotopic (exact) mass is 458 g/mol. The highest BCUT2D eigenvalue weighted by Crippen LogP contribution is 2.41. The summed E-state index contributed by atoms with van der Waals surface area (Å²) < 4.78 is 29.1. The third kappa shape index (κ3) is 4.35. The third-order valence-corrected chi connectivity index (χ3v) is 5.24. The van der Waals surface area contributed by atoms with Gasteiger partial charge in [-0.2, -0.15) is 0 Å². The second-order valence-corrected chi connectivity index (χ2v) is 7.54. The van der Waals surface area contributed by atoms with Crippen molar-refractivity contribution in [1.82, 2.24) is 5.43 Å². The van der Waals surface area contributed by atoms with Crippen LogP contribution in [0, 0.1) is 9.49 Å². The molecule has 1 aromatic rings. The Morgan fingerprint density at radius 1 is 1.50 bits per heavy atom. The Morgan fingerprint density at radius 2 is 2.25 bits per heavy atom. The minimum atomic E-state index is -2.51. The number of nitrogens with two attached hydrogens (primary N) is 1. The normalized spacial score (nSPS) is 23.6. The fourth-order valence-electron chi connectivity index (χ4n) is 2.88. The van der Waals surface area contributed by atoms with Gasteiger partial charge in [0.1, 0.15) is 0 Å². The van der Waals surface area contributed by atoms with Crippen LogP contribution >= 0.6 is 38.5 Å². The summed E-state index contributed by atoms with van der Waals surface area (Å²) in [5.41, 5.74) is 3.82. The Balaban J connectivity index is 2.10. The lowest BCUT2D eigenvalue weighted by atomic mass is 9.81. The van der Waals surface area contributed by atoms with Crippen molar-refractivity contribution in [3.63, 3.8) is 0 Å². The van der Waals surface area contributed by atoms with Crippen LogP contribution in [0.25, 0.3) is 0 Å². The lowest BCUT2D eigenvalue weighted by Crippen LogP contribution is -2.33. The molecule has 0 aromatic heterocycles. The highest BCUT2D eigenvalue weighted by atomic mass is 127. The van der Waals surface area contributed by atoms with Crippen LogP contribution in [0.2, 0.25) is 0 Å². The van der Waals surface area contributed by atoms with E-state index in [1.807, 2.05) is 18.2 Å². The molecule has 2 nitrogen and oxygen atoms in total. The van der Waals surface area contributed by atoms with Gasteiger partial charge in [0.25, 0.3) is 0 Å². The number of hydrogen-bond donors (Lipinski definition) is 2. The Morgan fingerprint density at radius 3 is 2.90 bits per heavy atom. The van der Waals surface area contributed by atoms with Crippen molar-refractivity contribution in [3.8, 4) is 0 Å². The van der Waals surface area contributed by atoms with Gasteiger partial charge in [-0.3, -0.25) is 11.3 Å². The van der Waals surface area contributed by atoms with E-state index in [0.717, 1.165) is 20.0 Å². The van der Waals surface area contributed by atoms with Gasteiger partial charge in [0.05, 0.1) is 0 Å². The van der Waals surface area contributed by atoms with Crippen LogP contribution in [-0.4, -0.2) is 5.92 Å². The van der Waals surface area contributed by atoms with Gasteiger partial charge < -0.3 is 0 Å². The zero-order chi connectivity index (χ0) is 14.8. The van der Waals surface area contributed by atoms with Crippen LogP contribution in [0.4, 0.5) is 8.78 Å². The molecule has 0 bridgehead atoms. The average Bonchev–Trinajstić information content (AvgIpc) is 2.38. The Labute approximate surface area is 140 Å².